The van der Waals surface area contributed by atoms with Crippen LogP contribution < -0.4 is 6.15 Å². The van der Waals surface area contributed by atoms with E-state index in [0.717, 1.165) is 0 Å². The van der Waals surface area contributed by atoms with E-state index in [2.05, 4.69) is 10.3 Å². The first kappa shape index (κ1) is 9.31. The topological polar surface area (TPSA) is 107 Å². The molecular formula is C5H8N4O2. The fraction of sp³-hybridized carbons (Fsp3) is 0. The van der Waals surface area contributed by atoms with Crippen molar-refractivity contribution in [3.63, 3.8) is 0 Å². The predicted molar refractivity (Wildman–Crippen MR) is 36.8 cm³/mol. The molecule has 0 aliphatic heterocycles. The molecular weight excluding hydrogens is 148 g/mol. The molecule has 0 atom stereocenters. The van der Waals surface area contributed by atoms with Gasteiger partial charge in [0.1, 0.15) is 11.5 Å². The molecule has 0 amide bonds. The molecule has 1 aromatic heterocycles. The van der Waals surface area contributed by atoms with Gasteiger partial charge in [0.15, 0.2) is 0 Å². The first-order chi connectivity index (χ1) is 4.84. The first-order valence-electron chi connectivity index (χ1n) is 2.58. The highest BCUT2D eigenvalue weighted by molar-refractivity contribution is 5.15. The third-order valence-corrected chi connectivity index (χ3v) is 0.927. The zero-order chi connectivity index (χ0) is 7.40. The molecule has 0 spiro atoms. The molecule has 0 aliphatic rings. The fourth-order valence-corrected chi connectivity index (χ4v) is 0.513. The molecule has 6 nitrogen and oxygen atoms in total. The molecule has 1 heterocycles. The van der Waals surface area contributed by atoms with Crippen molar-refractivity contribution in [2.24, 2.45) is 5.28 Å². The molecule has 60 valence electrons. The van der Waals surface area contributed by atoms with E-state index in [1.54, 1.807) is 12.1 Å². The van der Waals surface area contributed by atoms with Crippen molar-refractivity contribution < 1.29 is 10.1 Å². The molecule has 0 radical (unpaired) electrons. The van der Waals surface area contributed by atoms with Crippen molar-refractivity contribution in [2.45, 2.75) is 0 Å². The smallest absolute Gasteiger partial charge is 0.349 e. The summed E-state index contributed by atoms with van der Waals surface area (Å²) in [4.78, 5) is 3.64. The molecule has 1 aromatic rings. The lowest BCUT2D eigenvalue weighted by Crippen LogP contribution is -1.92. The molecule has 0 unspecified atom stereocenters. The standard InChI is InChI=1S/C5H5N3O2.H3N/c9-7-8(10)5-3-1-2-4-6-5;/h1-4,9H;1H3/b8-7-;. The van der Waals surface area contributed by atoms with Crippen LogP contribution in [0, 0.1) is 5.21 Å². The van der Waals surface area contributed by atoms with Gasteiger partial charge in [0.05, 0.1) is 0 Å². The SMILES string of the molecule is N.[O-]/[N+](=N\O)c1ccccn1. The Bertz CT molecular complexity index is 235. The van der Waals surface area contributed by atoms with Gasteiger partial charge in [-0.25, -0.2) is 0 Å². The Labute approximate surface area is 62.9 Å². The average molecular weight is 156 g/mol. The van der Waals surface area contributed by atoms with E-state index in [-0.39, 0.29) is 16.8 Å². The molecule has 0 saturated carbocycles. The van der Waals surface area contributed by atoms with Gasteiger partial charge < -0.3 is 16.6 Å². The van der Waals surface area contributed by atoms with Crippen molar-refractivity contribution in [3.05, 3.63) is 29.6 Å². The number of hydrogen-bond acceptors (Lipinski definition) is 4. The maximum Gasteiger partial charge on any atom is 0.349 e. The molecule has 0 aliphatic carbocycles. The number of nitrogens with zero attached hydrogens (tertiary/aromatic N) is 3. The van der Waals surface area contributed by atoms with E-state index in [4.69, 9.17) is 5.21 Å². The Hall–Kier alpha value is -1.69. The second-order valence-electron chi connectivity index (χ2n) is 1.55. The number of rotatable bonds is 1. The zero-order valence-electron chi connectivity index (χ0n) is 5.71. The lowest BCUT2D eigenvalue weighted by Gasteiger charge is -1.96. The van der Waals surface area contributed by atoms with Crippen molar-refractivity contribution in [2.75, 3.05) is 0 Å². The lowest BCUT2D eigenvalue weighted by atomic mass is 10.5. The van der Waals surface area contributed by atoms with Crippen molar-refractivity contribution in [1.82, 2.24) is 11.1 Å². The van der Waals surface area contributed by atoms with Gasteiger partial charge in [0, 0.05) is 6.07 Å². The van der Waals surface area contributed by atoms with Gasteiger partial charge in [-0.2, -0.15) is 0 Å². The summed E-state index contributed by atoms with van der Waals surface area (Å²) in [5, 5.41) is 20.8. The molecule has 0 saturated heterocycles. The largest absolute Gasteiger partial charge is 0.688 e. The number of aromatic nitrogens is 1. The number of hydrogen-bond donors (Lipinski definition) is 2. The van der Waals surface area contributed by atoms with E-state index in [1.165, 1.54) is 12.3 Å². The summed E-state index contributed by atoms with van der Waals surface area (Å²) in [6.07, 6.45) is 1.44. The van der Waals surface area contributed by atoms with Gasteiger partial charge >= 0.3 is 5.82 Å². The minimum atomic E-state index is 0. The highest BCUT2D eigenvalue weighted by atomic mass is 16.6. The maximum absolute atomic E-state index is 10.5. The minimum Gasteiger partial charge on any atom is -0.688 e. The summed E-state index contributed by atoms with van der Waals surface area (Å²) < 4.78 is 0. The van der Waals surface area contributed by atoms with Gasteiger partial charge in [-0.05, 0) is 11.1 Å². The highest BCUT2D eigenvalue weighted by Gasteiger charge is 1.99. The molecule has 0 fully saturated rings. The van der Waals surface area contributed by atoms with Crippen LogP contribution in [0.4, 0.5) is 5.82 Å². The second kappa shape index (κ2) is 4.18. The van der Waals surface area contributed by atoms with Gasteiger partial charge in [0.2, 0.25) is 0 Å². The molecule has 11 heavy (non-hydrogen) atoms. The third-order valence-electron chi connectivity index (χ3n) is 0.927. The summed E-state index contributed by atoms with van der Waals surface area (Å²) in [6.45, 7) is 0. The predicted octanol–water partition coefficient (Wildman–Crippen LogP) is 1.23. The van der Waals surface area contributed by atoms with Crippen LogP contribution in [0.5, 0.6) is 0 Å². The van der Waals surface area contributed by atoms with E-state index in [9.17, 15) is 5.21 Å². The Kier molecular flexibility index (Phi) is 3.54. The molecule has 1 rings (SSSR count). The first-order valence-corrected chi connectivity index (χ1v) is 2.58. The van der Waals surface area contributed by atoms with Crippen molar-refractivity contribution >= 4 is 5.82 Å². The summed E-state index contributed by atoms with van der Waals surface area (Å²) in [5.74, 6) is 0.0602. The minimum absolute atomic E-state index is 0. The van der Waals surface area contributed by atoms with E-state index in [1.807, 2.05) is 0 Å². The van der Waals surface area contributed by atoms with E-state index in [0.29, 0.717) is 0 Å². The van der Waals surface area contributed by atoms with Crippen LogP contribution in [0.25, 0.3) is 0 Å². The Morgan fingerprint density at radius 2 is 2.27 bits per heavy atom. The van der Waals surface area contributed by atoms with Crippen LogP contribution >= 0.6 is 0 Å². The average Bonchev–Trinajstić information content (AvgIpc) is 2.05. The zero-order valence-corrected chi connectivity index (χ0v) is 5.71. The van der Waals surface area contributed by atoms with Crippen molar-refractivity contribution in [1.29, 1.82) is 0 Å². The van der Waals surface area contributed by atoms with Gasteiger partial charge in [0.25, 0.3) is 0 Å². The van der Waals surface area contributed by atoms with Gasteiger partial charge in [-0.1, -0.05) is 10.9 Å². The highest BCUT2D eigenvalue weighted by Crippen LogP contribution is 2.03. The van der Waals surface area contributed by atoms with Gasteiger partial charge in [-0.3, -0.25) is 0 Å². The lowest BCUT2D eigenvalue weighted by molar-refractivity contribution is -0.477. The normalized spacial score (nSPS) is 10.4. The molecule has 4 N–H and O–H groups in total. The van der Waals surface area contributed by atoms with Crippen LogP contribution in [0.1, 0.15) is 0 Å². The Balaban J connectivity index is 0.000001000. The molecule has 0 aromatic carbocycles. The van der Waals surface area contributed by atoms with E-state index >= 15 is 0 Å². The van der Waals surface area contributed by atoms with E-state index < -0.39 is 0 Å². The quantitative estimate of drug-likeness (QED) is 0.362. The van der Waals surface area contributed by atoms with Gasteiger partial charge in [-0.15, -0.1) is 0 Å². The van der Waals surface area contributed by atoms with Crippen LogP contribution in [0.3, 0.4) is 0 Å². The summed E-state index contributed by atoms with van der Waals surface area (Å²) in [6, 6.07) is 4.72. The third kappa shape index (κ3) is 2.18. The van der Waals surface area contributed by atoms with Crippen LogP contribution in [-0.4, -0.2) is 15.1 Å². The summed E-state index contributed by atoms with van der Waals surface area (Å²) >= 11 is 0. The molecule has 6 heteroatoms. The molecule has 0 bridgehead atoms. The van der Waals surface area contributed by atoms with Crippen molar-refractivity contribution in [3.8, 4) is 0 Å². The van der Waals surface area contributed by atoms with Crippen LogP contribution in [-0.2, 0) is 0 Å². The Morgan fingerprint density at radius 1 is 1.55 bits per heavy atom. The maximum atomic E-state index is 10.5. The van der Waals surface area contributed by atoms with Crippen LogP contribution in [0.2, 0.25) is 0 Å². The summed E-state index contributed by atoms with van der Waals surface area (Å²) in [7, 11) is 0. The monoisotopic (exact) mass is 156 g/mol. The van der Waals surface area contributed by atoms with Crippen LogP contribution in [0.15, 0.2) is 29.7 Å². The number of pyridine rings is 1. The summed E-state index contributed by atoms with van der Waals surface area (Å²) in [5.41, 5.74) is 0. The fourth-order valence-electron chi connectivity index (χ4n) is 0.513. The second-order valence-corrected chi connectivity index (χ2v) is 1.55. The Morgan fingerprint density at radius 3 is 2.73 bits per heavy atom.